The Morgan fingerprint density at radius 1 is 1.73 bits per heavy atom. The van der Waals surface area contributed by atoms with Crippen molar-refractivity contribution in [2.45, 2.75) is 6.82 Å². The molecule has 0 fully saturated rings. The number of carbonyl (C=O) groups is 1. The van der Waals surface area contributed by atoms with Crippen LogP contribution in [-0.4, -0.2) is 18.3 Å². The first-order valence-electron chi connectivity index (χ1n) is 3.33. The summed E-state index contributed by atoms with van der Waals surface area (Å²) in [6, 6.07) is 3.44. The van der Waals surface area contributed by atoms with Crippen molar-refractivity contribution in [3.63, 3.8) is 0 Å². The predicted octanol–water partition coefficient (Wildman–Crippen LogP) is 0.479. The first-order valence-corrected chi connectivity index (χ1v) is 3.33. The van der Waals surface area contributed by atoms with E-state index in [0.29, 0.717) is 5.56 Å². The second-order valence-corrected chi connectivity index (χ2v) is 2.00. The van der Waals surface area contributed by atoms with Crippen LogP contribution in [0.25, 0.3) is 0 Å². The maximum Gasteiger partial charge on any atom is 0.243 e. The van der Waals surface area contributed by atoms with E-state index in [1.807, 2.05) is 0 Å². The normalized spacial score (nSPS) is 8.82. The van der Waals surface area contributed by atoms with Gasteiger partial charge in [0.25, 0.3) is 0 Å². The summed E-state index contributed by atoms with van der Waals surface area (Å²) in [5, 5.41) is 2.56. The molecule has 0 bridgehead atoms. The number of amides is 1. The molecule has 55 valence electrons. The molecule has 0 aliphatic carbocycles. The van der Waals surface area contributed by atoms with Crippen molar-refractivity contribution >= 4 is 13.3 Å². The zero-order valence-electron chi connectivity index (χ0n) is 6.24. The van der Waals surface area contributed by atoms with Crippen LogP contribution in [0.3, 0.4) is 0 Å². The number of hydrogen-bond acceptors (Lipinski definition) is 2. The summed E-state index contributed by atoms with van der Waals surface area (Å²) in [7, 11) is 1.59. The Kier molecular flexibility index (Phi) is 2.66. The quantitative estimate of drug-likeness (QED) is 0.618. The summed E-state index contributed by atoms with van der Waals surface area (Å²) in [6.07, 6.45) is 3.16. The van der Waals surface area contributed by atoms with E-state index in [1.165, 1.54) is 6.20 Å². The Hall–Kier alpha value is -1.32. The van der Waals surface area contributed by atoms with Crippen LogP contribution in [0.1, 0.15) is 10.4 Å². The van der Waals surface area contributed by atoms with Crippen LogP contribution in [0.4, 0.5) is 0 Å². The van der Waals surface area contributed by atoms with Gasteiger partial charge in [-0.2, -0.15) is 0 Å². The van der Waals surface area contributed by atoms with Crippen LogP contribution in [0, 0.1) is 0 Å². The minimum Gasteiger partial charge on any atom is -0.400 e. The van der Waals surface area contributed by atoms with Gasteiger partial charge in [-0.1, -0.05) is 6.82 Å². The summed E-state index contributed by atoms with van der Waals surface area (Å²) >= 11 is 0. The number of pyridine rings is 1. The lowest BCUT2D eigenvalue weighted by Crippen LogP contribution is -2.25. The zero-order chi connectivity index (χ0) is 8.10. The molecule has 1 heterocycles. The molecular formula is C7H8BN2O. The van der Waals surface area contributed by atoms with Gasteiger partial charge in [-0.05, 0) is 12.1 Å². The smallest absolute Gasteiger partial charge is 0.243 e. The third-order valence-corrected chi connectivity index (χ3v) is 1.20. The highest BCUT2D eigenvalue weighted by Crippen LogP contribution is 1.93. The van der Waals surface area contributed by atoms with E-state index in [9.17, 15) is 4.79 Å². The summed E-state index contributed by atoms with van der Waals surface area (Å²) in [5.74, 6) is -0.124. The standard InChI is InChI=1S/C7H8BN2O/c1-8-10-7(11)6-3-2-4-9-5-6/h2-5H,1H3,(H,10,11). The fraction of sp³-hybridized carbons (Fsp3) is 0.143. The third kappa shape index (κ3) is 2.07. The van der Waals surface area contributed by atoms with Gasteiger partial charge in [-0.3, -0.25) is 9.78 Å². The fourth-order valence-corrected chi connectivity index (χ4v) is 0.712. The SMILES string of the molecule is C[B]NC(=O)c1cccnc1. The van der Waals surface area contributed by atoms with Gasteiger partial charge in [-0.25, -0.2) is 0 Å². The van der Waals surface area contributed by atoms with Crippen molar-refractivity contribution in [2.75, 3.05) is 0 Å². The van der Waals surface area contributed by atoms with E-state index in [-0.39, 0.29) is 5.91 Å². The van der Waals surface area contributed by atoms with Gasteiger partial charge in [-0.15, -0.1) is 0 Å². The highest BCUT2D eigenvalue weighted by molar-refractivity contribution is 6.36. The van der Waals surface area contributed by atoms with E-state index in [2.05, 4.69) is 10.2 Å². The van der Waals surface area contributed by atoms with E-state index in [4.69, 9.17) is 0 Å². The molecule has 0 aliphatic rings. The summed E-state index contributed by atoms with van der Waals surface area (Å²) < 4.78 is 0. The summed E-state index contributed by atoms with van der Waals surface area (Å²) in [6.45, 7) is 1.76. The van der Waals surface area contributed by atoms with Crippen LogP contribution < -0.4 is 5.23 Å². The molecule has 0 unspecified atom stereocenters. The Bertz CT molecular complexity index is 237. The highest BCUT2D eigenvalue weighted by Gasteiger charge is 2.01. The first-order chi connectivity index (χ1) is 5.34. The number of nitrogens with one attached hydrogen (secondary N) is 1. The topological polar surface area (TPSA) is 42.0 Å². The van der Waals surface area contributed by atoms with Gasteiger partial charge in [0.05, 0.1) is 5.56 Å². The predicted molar refractivity (Wildman–Crippen MR) is 43.3 cm³/mol. The lowest BCUT2D eigenvalue weighted by Gasteiger charge is -1.98. The van der Waals surface area contributed by atoms with Crippen LogP contribution >= 0.6 is 0 Å². The van der Waals surface area contributed by atoms with E-state index in [1.54, 1.807) is 32.6 Å². The maximum absolute atomic E-state index is 11.1. The first kappa shape index (κ1) is 7.79. The van der Waals surface area contributed by atoms with Gasteiger partial charge in [0.15, 0.2) is 0 Å². The molecule has 0 aliphatic heterocycles. The summed E-state index contributed by atoms with van der Waals surface area (Å²) in [4.78, 5) is 14.9. The zero-order valence-corrected chi connectivity index (χ0v) is 6.24. The Labute approximate surface area is 66.1 Å². The molecule has 0 aromatic carbocycles. The lowest BCUT2D eigenvalue weighted by molar-refractivity contribution is 0.0980. The number of nitrogens with zero attached hydrogens (tertiary/aromatic N) is 1. The van der Waals surface area contributed by atoms with Crippen LogP contribution in [-0.2, 0) is 0 Å². The second kappa shape index (κ2) is 3.76. The summed E-state index contributed by atoms with van der Waals surface area (Å²) in [5.41, 5.74) is 0.575. The third-order valence-electron chi connectivity index (χ3n) is 1.20. The molecule has 1 N–H and O–H groups in total. The molecule has 0 spiro atoms. The fourth-order valence-electron chi connectivity index (χ4n) is 0.712. The van der Waals surface area contributed by atoms with Crippen molar-refractivity contribution in [2.24, 2.45) is 0 Å². The maximum atomic E-state index is 11.1. The van der Waals surface area contributed by atoms with E-state index >= 15 is 0 Å². The van der Waals surface area contributed by atoms with Gasteiger partial charge < -0.3 is 5.23 Å². The van der Waals surface area contributed by atoms with Crippen molar-refractivity contribution in [3.8, 4) is 0 Å². The highest BCUT2D eigenvalue weighted by atomic mass is 16.1. The molecule has 1 aromatic rings. The van der Waals surface area contributed by atoms with Crippen molar-refractivity contribution in [1.82, 2.24) is 10.2 Å². The Balaban J connectivity index is 2.69. The molecule has 1 aromatic heterocycles. The van der Waals surface area contributed by atoms with Gasteiger partial charge in [0.2, 0.25) is 13.3 Å². The average Bonchev–Trinajstić information content (AvgIpc) is 2.07. The molecule has 1 amide bonds. The van der Waals surface area contributed by atoms with Crippen molar-refractivity contribution in [3.05, 3.63) is 30.1 Å². The van der Waals surface area contributed by atoms with Crippen LogP contribution in [0.15, 0.2) is 24.5 Å². The minimum absolute atomic E-state index is 0.124. The molecule has 0 saturated carbocycles. The lowest BCUT2D eigenvalue weighted by atomic mass is 10.00. The number of rotatable bonds is 2. The number of aromatic nitrogens is 1. The molecule has 1 rings (SSSR count). The average molecular weight is 147 g/mol. The molecule has 11 heavy (non-hydrogen) atoms. The monoisotopic (exact) mass is 147 g/mol. The van der Waals surface area contributed by atoms with Crippen molar-refractivity contribution < 1.29 is 4.79 Å². The van der Waals surface area contributed by atoms with Crippen molar-refractivity contribution in [1.29, 1.82) is 0 Å². The molecule has 3 nitrogen and oxygen atoms in total. The number of hydrogen-bond donors (Lipinski definition) is 1. The molecular weight excluding hydrogens is 139 g/mol. The minimum atomic E-state index is -0.124. The Morgan fingerprint density at radius 2 is 2.55 bits per heavy atom. The van der Waals surface area contributed by atoms with E-state index in [0.717, 1.165) is 0 Å². The van der Waals surface area contributed by atoms with E-state index < -0.39 is 0 Å². The second-order valence-electron chi connectivity index (χ2n) is 2.00. The van der Waals surface area contributed by atoms with Gasteiger partial charge in [0.1, 0.15) is 0 Å². The van der Waals surface area contributed by atoms with Crippen LogP contribution in [0.2, 0.25) is 6.82 Å². The largest absolute Gasteiger partial charge is 0.400 e. The van der Waals surface area contributed by atoms with Crippen LogP contribution in [0.5, 0.6) is 0 Å². The molecule has 0 saturated heterocycles. The molecule has 1 radical (unpaired) electrons. The number of carbonyl (C=O) groups excluding carboxylic acids is 1. The van der Waals surface area contributed by atoms with Gasteiger partial charge in [0, 0.05) is 12.4 Å². The molecule has 4 heteroatoms. The van der Waals surface area contributed by atoms with Gasteiger partial charge >= 0.3 is 0 Å². The molecule has 0 atom stereocenters. The Morgan fingerprint density at radius 3 is 3.09 bits per heavy atom.